The zero-order valence-corrected chi connectivity index (χ0v) is 16.5. The second kappa shape index (κ2) is 8.62. The molecule has 4 rings (SSSR count). The van der Waals surface area contributed by atoms with Crippen LogP contribution in [0, 0.1) is 4.91 Å². The van der Waals surface area contributed by atoms with Crippen LogP contribution in [0.15, 0.2) is 53.8 Å². The first kappa shape index (κ1) is 20.6. The molecule has 10 heteroatoms. The number of hydrogen-bond acceptors (Lipinski definition) is 7. The van der Waals surface area contributed by atoms with Gasteiger partial charge in [-0.1, -0.05) is 12.1 Å². The minimum atomic E-state index is -1.19. The van der Waals surface area contributed by atoms with Crippen LogP contribution >= 0.6 is 0 Å². The first-order valence-corrected chi connectivity index (χ1v) is 9.72. The minimum Gasteiger partial charge on any atom is -0.389 e. The van der Waals surface area contributed by atoms with Crippen molar-refractivity contribution < 1.29 is 24.2 Å². The Bertz CT molecular complexity index is 990. The summed E-state index contributed by atoms with van der Waals surface area (Å²) >= 11 is 0. The first-order chi connectivity index (χ1) is 15.0. The smallest absolute Gasteiger partial charge is 0.261 e. The molecule has 0 aromatic heterocycles. The monoisotopic (exact) mass is 424 g/mol. The molecule has 1 unspecified atom stereocenters. The van der Waals surface area contributed by atoms with Crippen LogP contribution < -0.4 is 9.91 Å². The Morgan fingerprint density at radius 1 is 1.03 bits per heavy atom. The van der Waals surface area contributed by atoms with Gasteiger partial charge in [0.1, 0.15) is 6.61 Å². The molecule has 2 aromatic rings. The van der Waals surface area contributed by atoms with E-state index in [1.165, 1.54) is 0 Å². The van der Waals surface area contributed by atoms with E-state index in [1.807, 2.05) is 0 Å². The topological polar surface area (TPSA) is 120 Å². The van der Waals surface area contributed by atoms with Crippen LogP contribution in [0.2, 0.25) is 0 Å². The quantitative estimate of drug-likeness (QED) is 0.403. The zero-order valence-electron chi connectivity index (χ0n) is 16.5. The molecule has 31 heavy (non-hydrogen) atoms. The van der Waals surface area contributed by atoms with Gasteiger partial charge in [0.25, 0.3) is 17.7 Å². The number of β-amino-alcohol motifs (C(OH)–C–C–N with tert-alkyl or cyclic N) is 1. The van der Waals surface area contributed by atoms with Gasteiger partial charge < -0.3 is 14.7 Å². The van der Waals surface area contributed by atoms with Crippen LogP contribution in [0.1, 0.15) is 20.7 Å². The van der Waals surface area contributed by atoms with Crippen molar-refractivity contribution in [2.24, 2.45) is 5.29 Å². The summed E-state index contributed by atoms with van der Waals surface area (Å²) in [5, 5.41) is 14.4. The van der Waals surface area contributed by atoms with Crippen molar-refractivity contribution in [3.8, 4) is 0 Å². The molecule has 0 aliphatic carbocycles. The Morgan fingerprint density at radius 2 is 1.68 bits per heavy atom. The number of aliphatic hydroxyl groups excluding tert-OH is 1. The Hall–Kier alpha value is -3.63. The van der Waals surface area contributed by atoms with Gasteiger partial charge in [-0.05, 0) is 36.4 Å². The number of carbonyl (C=O) groups excluding carboxylic acids is 3. The van der Waals surface area contributed by atoms with E-state index >= 15 is 0 Å². The van der Waals surface area contributed by atoms with Gasteiger partial charge in [0, 0.05) is 12.2 Å². The number of carbonyl (C=O) groups is 3. The molecule has 160 valence electrons. The van der Waals surface area contributed by atoms with Gasteiger partial charge in [0.15, 0.2) is 0 Å². The normalized spacial score (nSPS) is 17.0. The standard InChI is InChI=1S/C21H20N4O6/c26-16(11-24-20(28)17-3-1-2-4-18(17)21(24)29)12-25(22-30)15-7-5-14(6-8-15)23-9-10-31-13-19(23)27/h1-8,16,26H,9-13H2. The van der Waals surface area contributed by atoms with E-state index in [0.717, 1.165) is 9.91 Å². The molecule has 1 fully saturated rings. The zero-order chi connectivity index (χ0) is 22.0. The lowest BCUT2D eigenvalue weighted by molar-refractivity contribution is -0.125. The molecular weight excluding hydrogens is 404 g/mol. The van der Waals surface area contributed by atoms with Crippen molar-refractivity contribution in [2.75, 3.05) is 42.8 Å². The van der Waals surface area contributed by atoms with E-state index in [4.69, 9.17) is 4.74 Å². The van der Waals surface area contributed by atoms with Crippen molar-refractivity contribution >= 4 is 29.1 Å². The Morgan fingerprint density at radius 3 is 2.26 bits per heavy atom. The van der Waals surface area contributed by atoms with E-state index < -0.39 is 17.9 Å². The third-order valence-electron chi connectivity index (χ3n) is 5.20. The van der Waals surface area contributed by atoms with E-state index in [0.29, 0.717) is 35.7 Å². The van der Waals surface area contributed by atoms with Crippen LogP contribution in [0.25, 0.3) is 0 Å². The van der Waals surface area contributed by atoms with Crippen LogP contribution in [0.5, 0.6) is 0 Å². The highest BCUT2D eigenvalue weighted by atomic mass is 16.5. The lowest BCUT2D eigenvalue weighted by atomic mass is 10.1. The largest absolute Gasteiger partial charge is 0.389 e. The maximum absolute atomic E-state index is 12.4. The van der Waals surface area contributed by atoms with Gasteiger partial charge in [0.2, 0.25) is 0 Å². The highest BCUT2D eigenvalue weighted by Crippen LogP contribution is 2.24. The Balaban J connectivity index is 1.41. The molecule has 0 bridgehead atoms. The van der Waals surface area contributed by atoms with Crippen LogP contribution in [-0.2, 0) is 9.53 Å². The number of imide groups is 1. The van der Waals surface area contributed by atoms with Crippen molar-refractivity contribution in [3.63, 3.8) is 0 Å². The fraction of sp³-hybridized carbons (Fsp3) is 0.286. The average Bonchev–Trinajstić information content (AvgIpc) is 3.03. The number of aliphatic hydroxyl groups is 1. The molecule has 10 nitrogen and oxygen atoms in total. The van der Waals surface area contributed by atoms with Gasteiger partial charge >= 0.3 is 0 Å². The number of fused-ring (bicyclic) bond motifs is 1. The van der Waals surface area contributed by atoms with E-state index in [9.17, 15) is 24.4 Å². The van der Waals surface area contributed by atoms with Gasteiger partial charge in [0.05, 0.1) is 47.9 Å². The number of nitrogens with zero attached hydrogens (tertiary/aromatic N) is 4. The molecule has 1 N–H and O–H groups in total. The fourth-order valence-electron chi connectivity index (χ4n) is 3.65. The Labute approximate surface area is 177 Å². The third kappa shape index (κ3) is 4.03. The molecule has 2 aliphatic rings. The Kier molecular flexibility index (Phi) is 5.74. The molecular formula is C21H20N4O6. The van der Waals surface area contributed by atoms with E-state index in [2.05, 4.69) is 5.29 Å². The van der Waals surface area contributed by atoms with E-state index in [1.54, 1.807) is 53.4 Å². The van der Waals surface area contributed by atoms with Gasteiger partial charge in [-0.25, -0.2) is 5.01 Å². The van der Waals surface area contributed by atoms with Crippen molar-refractivity contribution in [1.82, 2.24) is 4.90 Å². The fourth-order valence-corrected chi connectivity index (χ4v) is 3.65. The molecule has 0 spiro atoms. The summed E-state index contributed by atoms with van der Waals surface area (Å²) in [6.45, 7) is 0.422. The highest BCUT2D eigenvalue weighted by Gasteiger charge is 2.36. The molecule has 2 heterocycles. The van der Waals surface area contributed by atoms with Crippen LogP contribution in [0.4, 0.5) is 11.4 Å². The first-order valence-electron chi connectivity index (χ1n) is 9.72. The summed E-state index contributed by atoms with van der Waals surface area (Å²) in [5.41, 5.74) is 1.65. The maximum Gasteiger partial charge on any atom is 0.261 e. The number of rotatable bonds is 7. The number of anilines is 2. The molecule has 3 amide bonds. The lowest BCUT2D eigenvalue weighted by Crippen LogP contribution is -2.42. The van der Waals surface area contributed by atoms with E-state index in [-0.39, 0.29) is 25.6 Å². The number of ether oxygens (including phenoxy) is 1. The SMILES string of the molecule is O=NN(CC(O)CN1C(=O)c2ccccc2C1=O)c1ccc(N2CCOCC2=O)cc1. The summed E-state index contributed by atoms with van der Waals surface area (Å²) in [6, 6.07) is 13.0. The molecule has 1 saturated heterocycles. The summed E-state index contributed by atoms with van der Waals surface area (Å²) in [6.07, 6.45) is -1.19. The predicted octanol–water partition coefficient (Wildman–Crippen LogP) is 1.19. The number of benzene rings is 2. The molecule has 0 radical (unpaired) electrons. The summed E-state index contributed by atoms with van der Waals surface area (Å²) in [7, 11) is 0. The maximum atomic E-state index is 12.4. The van der Waals surface area contributed by atoms with Gasteiger partial charge in [-0.2, -0.15) is 0 Å². The van der Waals surface area contributed by atoms with Crippen molar-refractivity contribution in [2.45, 2.75) is 6.10 Å². The van der Waals surface area contributed by atoms with Gasteiger partial charge in [-0.15, -0.1) is 4.91 Å². The number of amides is 3. The molecule has 0 saturated carbocycles. The second-order valence-electron chi connectivity index (χ2n) is 7.20. The average molecular weight is 424 g/mol. The summed E-state index contributed by atoms with van der Waals surface area (Å²) in [5.74, 6) is -1.12. The van der Waals surface area contributed by atoms with Crippen molar-refractivity contribution in [1.29, 1.82) is 0 Å². The summed E-state index contributed by atoms with van der Waals surface area (Å²) < 4.78 is 5.11. The van der Waals surface area contributed by atoms with Crippen LogP contribution in [0.3, 0.4) is 0 Å². The third-order valence-corrected chi connectivity index (χ3v) is 5.20. The van der Waals surface area contributed by atoms with Crippen LogP contribution in [-0.4, -0.2) is 66.7 Å². The number of hydrogen-bond donors (Lipinski definition) is 1. The highest BCUT2D eigenvalue weighted by molar-refractivity contribution is 6.21. The van der Waals surface area contributed by atoms with Crippen molar-refractivity contribution in [3.05, 3.63) is 64.6 Å². The molecule has 2 aliphatic heterocycles. The minimum absolute atomic E-state index is 0.0216. The van der Waals surface area contributed by atoms with Gasteiger partial charge in [-0.3, -0.25) is 19.3 Å². The predicted molar refractivity (Wildman–Crippen MR) is 111 cm³/mol. The molecule has 2 aromatic carbocycles. The number of morpholine rings is 1. The molecule has 1 atom stereocenters. The second-order valence-corrected chi connectivity index (χ2v) is 7.20. The lowest BCUT2D eigenvalue weighted by Gasteiger charge is -2.27. The number of nitroso groups, excluding NO2 is 1. The summed E-state index contributed by atoms with van der Waals surface area (Å²) in [4.78, 5) is 50.7.